The maximum absolute atomic E-state index is 11.5. The van der Waals surface area contributed by atoms with E-state index in [1.165, 1.54) is 12.8 Å². The molecule has 1 aromatic rings. The Balaban J connectivity index is 2.29. The number of pyridine rings is 1. The normalized spacial score (nSPS) is 10.1. The lowest BCUT2D eigenvalue weighted by atomic mass is 10.1. The number of aryl methyl sites for hydroxylation is 1. The highest BCUT2D eigenvalue weighted by atomic mass is 16.1. The summed E-state index contributed by atoms with van der Waals surface area (Å²) in [6.45, 7) is 4.15. The highest BCUT2D eigenvalue weighted by Gasteiger charge is 2.02. The fourth-order valence-corrected chi connectivity index (χ4v) is 1.52. The Hall–Kier alpha value is -1.38. The average Bonchev–Trinajstić information content (AvgIpc) is 2.24. The smallest absolute Gasteiger partial charge is 0.225 e. The van der Waals surface area contributed by atoms with E-state index in [4.69, 9.17) is 0 Å². The summed E-state index contributed by atoms with van der Waals surface area (Å²) in [4.78, 5) is 15.6. The van der Waals surface area contributed by atoms with Crippen LogP contribution in [0.3, 0.4) is 0 Å². The van der Waals surface area contributed by atoms with Gasteiger partial charge in [-0.05, 0) is 31.0 Å². The maximum atomic E-state index is 11.5. The van der Waals surface area contributed by atoms with Crippen molar-refractivity contribution in [3.05, 3.63) is 23.9 Å². The predicted octanol–water partition coefficient (Wildman–Crippen LogP) is 3.30. The van der Waals surface area contributed by atoms with Gasteiger partial charge in [0.05, 0.1) is 0 Å². The molecular weight excluding hydrogens is 200 g/mol. The standard InChI is InChI=1S/C13H20N2O/c1-3-4-5-6-7-13(16)15-12-10-11(2)8-9-14-12/h8-10H,3-7H2,1-2H3,(H,14,15,16). The van der Waals surface area contributed by atoms with Crippen molar-refractivity contribution >= 4 is 11.7 Å². The molecule has 3 nitrogen and oxygen atoms in total. The van der Waals surface area contributed by atoms with E-state index in [2.05, 4.69) is 17.2 Å². The van der Waals surface area contributed by atoms with Gasteiger partial charge in [-0.15, -0.1) is 0 Å². The Kier molecular flexibility index (Phi) is 5.54. The Morgan fingerprint density at radius 1 is 1.38 bits per heavy atom. The van der Waals surface area contributed by atoms with Gasteiger partial charge >= 0.3 is 0 Å². The third-order valence-electron chi connectivity index (χ3n) is 2.44. The van der Waals surface area contributed by atoms with E-state index >= 15 is 0 Å². The molecule has 1 rings (SSSR count). The van der Waals surface area contributed by atoms with Crippen molar-refractivity contribution in [3.63, 3.8) is 0 Å². The van der Waals surface area contributed by atoms with Crippen LogP contribution in [-0.4, -0.2) is 10.9 Å². The van der Waals surface area contributed by atoms with Crippen LogP contribution in [0, 0.1) is 6.92 Å². The number of nitrogens with one attached hydrogen (secondary N) is 1. The number of carbonyl (C=O) groups excluding carboxylic acids is 1. The van der Waals surface area contributed by atoms with Gasteiger partial charge in [-0.2, -0.15) is 0 Å². The number of rotatable bonds is 6. The zero-order valence-electron chi connectivity index (χ0n) is 10.1. The molecule has 1 heterocycles. The summed E-state index contributed by atoms with van der Waals surface area (Å²) in [7, 11) is 0. The summed E-state index contributed by atoms with van der Waals surface area (Å²) in [5.41, 5.74) is 1.11. The first-order valence-corrected chi connectivity index (χ1v) is 5.95. The Morgan fingerprint density at radius 3 is 2.88 bits per heavy atom. The highest BCUT2D eigenvalue weighted by molar-refractivity contribution is 5.89. The van der Waals surface area contributed by atoms with Crippen LogP contribution in [0.4, 0.5) is 5.82 Å². The molecule has 3 heteroatoms. The number of amides is 1. The first-order valence-electron chi connectivity index (χ1n) is 5.95. The van der Waals surface area contributed by atoms with Crippen LogP contribution in [0.1, 0.15) is 44.6 Å². The number of aromatic nitrogens is 1. The van der Waals surface area contributed by atoms with Gasteiger partial charge < -0.3 is 5.32 Å². The number of carbonyl (C=O) groups is 1. The van der Waals surface area contributed by atoms with E-state index in [-0.39, 0.29) is 5.91 Å². The van der Waals surface area contributed by atoms with E-state index in [0.29, 0.717) is 12.2 Å². The van der Waals surface area contributed by atoms with Gasteiger partial charge in [0, 0.05) is 12.6 Å². The van der Waals surface area contributed by atoms with Crippen LogP contribution in [0.5, 0.6) is 0 Å². The molecule has 0 aliphatic heterocycles. The lowest BCUT2D eigenvalue weighted by Crippen LogP contribution is -2.12. The Bertz CT molecular complexity index is 336. The summed E-state index contributed by atoms with van der Waals surface area (Å²) in [6.07, 6.45) is 6.80. The molecule has 0 fully saturated rings. The SMILES string of the molecule is CCCCCCC(=O)Nc1cc(C)ccn1. The van der Waals surface area contributed by atoms with E-state index in [1.54, 1.807) is 6.20 Å². The van der Waals surface area contributed by atoms with Gasteiger partial charge in [0.2, 0.25) is 5.91 Å². The summed E-state index contributed by atoms with van der Waals surface area (Å²) in [6, 6.07) is 3.79. The number of nitrogens with zero attached hydrogens (tertiary/aromatic N) is 1. The second kappa shape index (κ2) is 6.99. The summed E-state index contributed by atoms with van der Waals surface area (Å²) in [5, 5.41) is 2.81. The molecule has 0 bridgehead atoms. The molecule has 0 saturated heterocycles. The number of anilines is 1. The van der Waals surface area contributed by atoms with Crippen molar-refractivity contribution in [3.8, 4) is 0 Å². The van der Waals surface area contributed by atoms with Gasteiger partial charge in [0.1, 0.15) is 5.82 Å². The highest BCUT2D eigenvalue weighted by Crippen LogP contribution is 2.07. The lowest BCUT2D eigenvalue weighted by molar-refractivity contribution is -0.116. The second-order valence-electron chi connectivity index (χ2n) is 4.08. The minimum atomic E-state index is 0.0641. The third-order valence-corrected chi connectivity index (χ3v) is 2.44. The minimum Gasteiger partial charge on any atom is -0.311 e. The topological polar surface area (TPSA) is 42.0 Å². The minimum absolute atomic E-state index is 0.0641. The molecule has 0 unspecified atom stereocenters. The van der Waals surface area contributed by atoms with Crippen molar-refractivity contribution in [2.24, 2.45) is 0 Å². The van der Waals surface area contributed by atoms with E-state index in [1.807, 2.05) is 19.1 Å². The van der Waals surface area contributed by atoms with Crippen LogP contribution < -0.4 is 5.32 Å². The van der Waals surface area contributed by atoms with E-state index in [0.717, 1.165) is 18.4 Å². The molecule has 1 N–H and O–H groups in total. The number of hydrogen-bond acceptors (Lipinski definition) is 2. The first kappa shape index (κ1) is 12.7. The largest absolute Gasteiger partial charge is 0.311 e. The molecule has 0 spiro atoms. The zero-order chi connectivity index (χ0) is 11.8. The van der Waals surface area contributed by atoms with Crippen molar-refractivity contribution in [1.29, 1.82) is 0 Å². The monoisotopic (exact) mass is 220 g/mol. The molecule has 0 atom stereocenters. The molecule has 0 aromatic carbocycles. The van der Waals surface area contributed by atoms with Gasteiger partial charge in [0.15, 0.2) is 0 Å². The van der Waals surface area contributed by atoms with E-state index in [9.17, 15) is 4.79 Å². The van der Waals surface area contributed by atoms with Crippen molar-refractivity contribution in [1.82, 2.24) is 4.98 Å². The molecule has 0 aliphatic rings. The van der Waals surface area contributed by atoms with Crippen molar-refractivity contribution < 1.29 is 4.79 Å². The Labute approximate surface area is 97.3 Å². The number of hydrogen-bond donors (Lipinski definition) is 1. The quantitative estimate of drug-likeness (QED) is 0.747. The van der Waals surface area contributed by atoms with Crippen LogP contribution in [-0.2, 0) is 4.79 Å². The van der Waals surface area contributed by atoms with Gasteiger partial charge in [-0.25, -0.2) is 4.98 Å². The molecular formula is C13H20N2O. The molecule has 1 amide bonds. The second-order valence-corrected chi connectivity index (χ2v) is 4.08. The third kappa shape index (κ3) is 4.91. The summed E-state index contributed by atoms with van der Waals surface area (Å²) >= 11 is 0. The van der Waals surface area contributed by atoms with Crippen LogP contribution in [0.15, 0.2) is 18.3 Å². The van der Waals surface area contributed by atoms with Crippen LogP contribution >= 0.6 is 0 Å². The fourth-order valence-electron chi connectivity index (χ4n) is 1.52. The molecule has 0 saturated carbocycles. The van der Waals surface area contributed by atoms with Crippen LogP contribution in [0.2, 0.25) is 0 Å². The fraction of sp³-hybridized carbons (Fsp3) is 0.538. The van der Waals surface area contributed by atoms with Gasteiger partial charge in [-0.3, -0.25) is 4.79 Å². The van der Waals surface area contributed by atoms with Crippen molar-refractivity contribution in [2.75, 3.05) is 5.32 Å². The maximum Gasteiger partial charge on any atom is 0.225 e. The number of unbranched alkanes of at least 4 members (excludes halogenated alkanes) is 3. The van der Waals surface area contributed by atoms with Crippen molar-refractivity contribution in [2.45, 2.75) is 46.0 Å². The molecule has 0 aliphatic carbocycles. The van der Waals surface area contributed by atoms with Gasteiger partial charge in [-0.1, -0.05) is 26.2 Å². The van der Waals surface area contributed by atoms with E-state index < -0.39 is 0 Å². The molecule has 0 radical (unpaired) electrons. The Morgan fingerprint density at radius 2 is 2.19 bits per heavy atom. The molecule has 16 heavy (non-hydrogen) atoms. The lowest BCUT2D eigenvalue weighted by Gasteiger charge is -2.04. The average molecular weight is 220 g/mol. The summed E-state index contributed by atoms with van der Waals surface area (Å²) < 4.78 is 0. The van der Waals surface area contributed by atoms with Crippen LogP contribution in [0.25, 0.3) is 0 Å². The zero-order valence-corrected chi connectivity index (χ0v) is 10.1. The summed E-state index contributed by atoms with van der Waals surface area (Å²) in [5.74, 6) is 0.717. The van der Waals surface area contributed by atoms with Gasteiger partial charge in [0.25, 0.3) is 0 Å². The molecule has 88 valence electrons. The predicted molar refractivity (Wildman–Crippen MR) is 66.4 cm³/mol. The molecule has 1 aromatic heterocycles. The first-order chi connectivity index (χ1) is 7.72.